The Morgan fingerprint density at radius 3 is 2.42 bits per heavy atom. The summed E-state index contributed by atoms with van der Waals surface area (Å²) in [6.45, 7) is 10.7. The second-order valence-electron chi connectivity index (χ2n) is 7.18. The molecule has 0 fully saturated rings. The van der Waals surface area contributed by atoms with Gasteiger partial charge in [-0.25, -0.2) is 13.1 Å². The predicted octanol–water partition coefficient (Wildman–Crippen LogP) is 4.32. The number of hydrogen-bond acceptors (Lipinski definition) is 2. The molecule has 2 aromatic rings. The number of halogens is 1. The summed E-state index contributed by atoms with van der Waals surface area (Å²) < 4.78 is 30.2. The van der Waals surface area contributed by atoms with Crippen molar-refractivity contribution < 1.29 is 8.42 Å². The van der Waals surface area contributed by atoms with Crippen molar-refractivity contribution in [3.63, 3.8) is 0 Å². The van der Waals surface area contributed by atoms with Crippen molar-refractivity contribution in [3.8, 4) is 0 Å². The Bertz CT molecular complexity index is 810. The lowest BCUT2D eigenvalue weighted by molar-refractivity contribution is 0.532. The van der Waals surface area contributed by atoms with Crippen molar-refractivity contribution in [3.05, 3.63) is 34.4 Å². The third-order valence-corrected chi connectivity index (χ3v) is 6.47. The summed E-state index contributed by atoms with van der Waals surface area (Å²) in [5.74, 6) is 0.546. The fourth-order valence-corrected chi connectivity index (χ4v) is 4.10. The van der Waals surface area contributed by atoms with E-state index in [1.807, 2.05) is 13.0 Å². The molecule has 0 radical (unpaired) electrons. The first kappa shape index (κ1) is 19.5. The summed E-state index contributed by atoms with van der Waals surface area (Å²) in [4.78, 5) is 0. The summed E-state index contributed by atoms with van der Waals surface area (Å²) >= 11 is 3.54. The van der Waals surface area contributed by atoms with Gasteiger partial charge >= 0.3 is 0 Å². The van der Waals surface area contributed by atoms with Gasteiger partial charge in [0.05, 0.1) is 5.25 Å². The van der Waals surface area contributed by atoms with Crippen LogP contribution in [0, 0.1) is 5.92 Å². The Morgan fingerprint density at radius 1 is 1.17 bits per heavy atom. The van der Waals surface area contributed by atoms with Crippen LogP contribution in [-0.4, -0.2) is 24.3 Å². The van der Waals surface area contributed by atoms with Crippen molar-refractivity contribution in [2.24, 2.45) is 5.92 Å². The van der Waals surface area contributed by atoms with Gasteiger partial charge in [-0.1, -0.05) is 35.8 Å². The number of nitrogens with one attached hydrogen (secondary N) is 1. The molecule has 1 N–H and O–H groups in total. The van der Waals surface area contributed by atoms with E-state index in [4.69, 9.17) is 0 Å². The van der Waals surface area contributed by atoms with Gasteiger partial charge in [-0.3, -0.25) is 0 Å². The van der Waals surface area contributed by atoms with Crippen molar-refractivity contribution in [1.82, 2.24) is 9.29 Å². The van der Waals surface area contributed by atoms with Gasteiger partial charge in [-0.15, -0.1) is 0 Å². The fourth-order valence-electron chi connectivity index (χ4n) is 2.84. The lowest BCUT2D eigenvalue weighted by Crippen LogP contribution is -2.38. The molecule has 0 aliphatic carbocycles. The minimum absolute atomic E-state index is 0.140. The average Bonchev–Trinajstić information content (AvgIpc) is 2.74. The lowest BCUT2D eigenvalue weighted by atomic mass is 10.1. The van der Waals surface area contributed by atoms with Crippen LogP contribution in [0.4, 0.5) is 0 Å². The van der Waals surface area contributed by atoms with E-state index in [-0.39, 0.29) is 6.04 Å². The highest BCUT2D eigenvalue weighted by molar-refractivity contribution is 9.10. The van der Waals surface area contributed by atoms with E-state index in [1.165, 1.54) is 16.5 Å². The Labute approximate surface area is 153 Å². The molecule has 1 atom stereocenters. The van der Waals surface area contributed by atoms with Crippen LogP contribution in [0.1, 0.15) is 40.2 Å². The third kappa shape index (κ3) is 4.61. The topological polar surface area (TPSA) is 51.1 Å². The number of nitrogens with zero attached hydrogens (tertiary/aromatic N) is 1. The zero-order chi connectivity index (χ0) is 18.1. The monoisotopic (exact) mass is 414 g/mol. The average molecular weight is 415 g/mol. The van der Waals surface area contributed by atoms with E-state index in [1.54, 1.807) is 13.8 Å². The van der Waals surface area contributed by atoms with Gasteiger partial charge < -0.3 is 4.57 Å². The summed E-state index contributed by atoms with van der Waals surface area (Å²) in [5, 5.41) is 0.771. The molecule has 0 aliphatic rings. The highest BCUT2D eigenvalue weighted by Gasteiger charge is 2.20. The zero-order valence-corrected chi connectivity index (χ0v) is 17.4. The van der Waals surface area contributed by atoms with E-state index in [0.29, 0.717) is 12.3 Å². The molecule has 0 spiro atoms. The number of fused-ring (bicyclic) bond motifs is 1. The summed E-state index contributed by atoms with van der Waals surface area (Å²) in [7, 11) is -3.25. The van der Waals surface area contributed by atoms with Crippen molar-refractivity contribution in [2.45, 2.75) is 58.9 Å². The fraction of sp³-hybridized carbons (Fsp3) is 0.556. The van der Waals surface area contributed by atoms with Gasteiger partial charge in [0, 0.05) is 34.2 Å². The molecule has 24 heavy (non-hydrogen) atoms. The normalized spacial score (nSPS) is 14.0. The number of benzene rings is 1. The van der Waals surface area contributed by atoms with Gasteiger partial charge in [0.1, 0.15) is 0 Å². The second-order valence-corrected chi connectivity index (χ2v) is 10.4. The van der Waals surface area contributed by atoms with E-state index < -0.39 is 15.3 Å². The van der Waals surface area contributed by atoms with Crippen molar-refractivity contribution >= 4 is 36.9 Å². The summed E-state index contributed by atoms with van der Waals surface area (Å²) in [6, 6.07) is 6.13. The Balaban J connectivity index is 2.32. The van der Waals surface area contributed by atoms with Crippen LogP contribution in [0.25, 0.3) is 10.9 Å². The molecule has 1 aromatic heterocycles. The minimum Gasteiger partial charge on any atom is -0.347 e. The molecule has 0 aliphatic heterocycles. The minimum atomic E-state index is -3.25. The maximum absolute atomic E-state index is 12.1. The van der Waals surface area contributed by atoms with E-state index in [0.717, 1.165) is 11.0 Å². The third-order valence-electron chi connectivity index (χ3n) is 4.00. The maximum Gasteiger partial charge on any atom is 0.214 e. The van der Waals surface area contributed by atoms with Crippen molar-refractivity contribution in [2.75, 3.05) is 0 Å². The van der Waals surface area contributed by atoms with Crippen LogP contribution in [0.15, 0.2) is 28.9 Å². The number of rotatable bonds is 7. The van der Waals surface area contributed by atoms with Crippen LogP contribution in [-0.2, 0) is 23.0 Å². The zero-order valence-electron chi connectivity index (χ0n) is 15.0. The first-order valence-corrected chi connectivity index (χ1v) is 10.7. The van der Waals surface area contributed by atoms with E-state index in [9.17, 15) is 8.42 Å². The van der Waals surface area contributed by atoms with E-state index >= 15 is 0 Å². The largest absolute Gasteiger partial charge is 0.347 e. The maximum atomic E-state index is 12.1. The molecule has 1 aromatic carbocycles. The molecule has 0 amide bonds. The smallest absolute Gasteiger partial charge is 0.214 e. The molecule has 2 rings (SSSR count). The summed E-state index contributed by atoms with van der Waals surface area (Å²) in [6.07, 6.45) is 2.84. The predicted molar refractivity (Wildman–Crippen MR) is 105 cm³/mol. The number of sulfonamides is 1. The highest BCUT2D eigenvalue weighted by Crippen LogP contribution is 2.27. The van der Waals surface area contributed by atoms with Gasteiger partial charge in [-0.2, -0.15) is 0 Å². The molecule has 0 saturated heterocycles. The first-order valence-electron chi connectivity index (χ1n) is 8.38. The Morgan fingerprint density at radius 2 is 1.83 bits per heavy atom. The molecule has 134 valence electrons. The number of hydrogen-bond donors (Lipinski definition) is 1. The molecule has 0 saturated carbocycles. The highest BCUT2D eigenvalue weighted by atomic mass is 79.9. The quantitative estimate of drug-likeness (QED) is 0.732. The van der Waals surface area contributed by atoms with Crippen molar-refractivity contribution in [1.29, 1.82) is 0 Å². The van der Waals surface area contributed by atoms with Gasteiger partial charge in [-0.05, 0) is 50.8 Å². The molecule has 0 bridgehead atoms. The SMILES string of the molecule is CC(C)Cn1cc(CC(C)NS(=O)(=O)C(C)C)c2ccc(Br)cc21. The molecule has 1 heterocycles. The van der Waals surface area contributed by atoms with Gasteiger partial charge in [0.25, 0.3) is 0 Å². The van der Waals surface area contributed by atoms with Gasteiger partial charge in [0.2, 0.25) is 10.0 Å². The van der Waals surface area contributed by atoms with Crippen LogP contribution >= 0.6 is 15.9 Å². The summed E-state index contributed by atoms with van der Waals surface area (Å²) in [5.41, 5.74) is 2.36. The Hall–Kier alpha value is -0.850. The standard InChI is InChI=1S/C18H27BrN2O2S/c1-12(2)10-21-11-15(17-7-6-16(19)9-18(17)21)8-14(5)20-24(22,23)13(3)4/h6-7,9,11-14,20H,8,10H2,1-5H3. The lowest BCUT2D eigenvalue weighted by Gasteiger charge is -2.16. The van der Waals surface area contributed by atoms with Crippen LogP contribution in [0.3, 0.4) is 0 Å². The second kappa shape index (κ2) is 7.58. The molecule has 4 nitrogen and oxygen atoms in total. The van der Waals surface area contributed by atoms with Gasteiger partial charge in [0.15, 0.2) is 0 Å². The number of aromatic nitrogens is 1. The molecule has 1 unspecified atom stereocenters. The van der Waals surface area contributed by atoms with Crippen LogP contribution in [0.5, 0.6) is 0 Å². The Kier molecular flexibility index (Phi) is 6.15. The molecule has 6 heteroatoms. The molecular weight excluding hydrogens is 388 g/mol. The first-order chi connectivity index (χ1) is 11.1. The molecular formula is C18H27BrN2O2S. The van der Waals surface area contributed by atoms with Crippen LogP contribution < -0.4 is 4.72 Å². The van der Waals surface area contributed by atoms with E-state index in [2.05, 4.69) is 57.4 Å². The van der Waals surface area contributed by atoms with Crippen LogP contribution in [0.2, 0.25) is 0 Å².